The van der Waals surface area contributed by atoms with Gasteiger partial charge in [-0.2, -0.15) is 0 Å². The van der Waals surface area contributed by atoms with Crippen LogP contribution in [-0.2, 0) is 11.3 Å². The molecule has 0 saturated heterocycles. The summed E-state index contributed by atoms with van der Waals surface area (Å²) in [6.45, 7) is 8.16. The number of rotatable bonds is 8. The molecule has 0 amide bonds. The van der Waals surface area contributed by atoms with Crippen LogP contribution in [0.15, 0.2) is 12.3 Å². The predicted molar refractivity (Wildman–Crippen MR) is 80.5 cm³/mol. The lowest BCUT2D eigenvalue weighted by Crippen LogP contribution is -2.34. The summed E-state index contributed by atoms with van der Waals surface area (Å²) in [5.41, 5.74) is 0.645. The van der Waals surface area contributed by atoms with Gasteiger partial charge in [0.25, 0.3) is 0 Å². The van der Waals surface area contributed by atoms with Crippen molar-refractivity contribution in [2.45, 2.75) is 33.4 Å². The van der Waals surface area contributed by atoms with Crippen LogP contribution in [0.2, 0.25) is 0 Å². The van der Waals surface area contributed by atoms with Crippen molar-refractivity contribution in [2.75, 3.05) is 32.2 Å². The Morgan fingerprint density at radius 1 is 1.40 bits per heavy atom. The minimum absolute atomic E-state index is 0.0703. The highest BCUT2D eigenvalue weighted by Gasteiger charge is 2.17. The van der Waals surface area contributed by atoms with Gasteiger partial charge < -0.3 is 15.0 Å². The Morgan fingerprint density at radius 3 is 2.70 bits per heavy atom. The van der Waals surface area contributed by atoms with Gasteiger partial charge in [-0.25, -0.2) is 9.37 Å². The fraction of sp³-hybridized carbons (Fsp3) is 0.667. The average molecular weight is 283 g/mol. The number of anilines is 1. The quantitative estimate of drug-likeness (QED) is 0.795. The fourth-order valence-corrected chi connectivity index (χ4v) is 1.91. The Balaban J connectivity index is 2.78. The monoisotopic (exact) mass is 283 g/mol. The van der Waals surface area contributed by atoms with Crippen molar-refractivity contribution in [1.82, 2.24) is 10.3 Å². The molecule has 1 aromatic rings. The maximum absolute atomic E-state index is 14.5. The van der Waals surface area contributed by atoms with Gasteiger partial charge in [0.05, 0.1) is 12.6 Å². The van der Waals surface area contributed by atoms with E-state index in [0.29, 0.717) is 30.5 Å². The van der Waals surface area contributed by atoms with Gasteiger partial charge >= 0.3 is 0 Å². The van der Waals surface area contributed by atoms with Crippen molar-refractivity contribution in [3.05, 3.63) is 23.6 Å². The molecule has 0 bridgehead atoms. The van der Waals surface area contributed by atoms with Gasteiger partial charge in [0, 0.05) is 32.5 Å². The topological polar surface area (TPSA) is 37.4 Å². The van der Waals surface area contributed by atoms with Gasteiger partial charge in [0.2, 0.25) is 0 Å². The predicted octanol–water partition coefficient (Wildman–Crippen LogP) is 2.44. The van der Waals surface area contributed by atoms with Crippen LogP contribution < -0.4 is 10.2 Å². The van der Waals surface area contributed by atoms with E-state index in [2.05, 4.69) is 24.1 Å². The fourth-order valence-electron chi connectivity index (χ4n) is 1.91. The molecule has 4 nitrogen and oxygen atoms in total. The van der Waals surface area contributed by atoms with Crippen molar-refractivity contribution in [2.24, 2.45) is 5.92 Å². The third-order valence-corrected chi connectivity index (χ3v) is 3.22. The lowest BCUT2D eigenvalue weighted by Gasteiger charge is -2.26. The molecular formula is C15H26FN3O. The summed E-state index contributed by atoms with van der Waals surface area (Å²) in [6.07, 6.45) is 1.65. The van der Waals surface area contributed by atoms with Crippen LogP contribution in [0.25, 0.3) is 0 Å². The SMILES string of the molecule is COCC(C)N(C)c1nccc(CNCC(C)C)c1F. The molecule has 0 aliphatic rings. The third-order valence-electron chi connectivity index (χ3n) is 3.22. The Morgan fingerprint density at radius 2 is 2.10 bits per heavy atom. The Hall–Kier alpha value is -1.20. The molecule has 0 spiro atoms. The van der Waals surface area contributed by atoms with E-state index < -0.39 is 0 Å². The summed E-state index contributed by atoms with van der Waals surface area (Å²) < 4.78 is 19.6. The van der Waals surface area contributed by atoms with Crippen LogP contribution in [0, 0.1) is 11.7 Å². The van der Waals surface area contributed by atoms with E-state index in [-0.39, 0.29) is 11.9 Å². The average Bonchev–Trinajstić information content (AvgIpc) is 2.40. The zero-order valence-corrected chi connectivity index (χ0v) is 13.1. The molecule has 0 fully saturated rings. The van der Waals surface area contributed by atoms with Crippen LogP contribution in [0.4, 0.5) is 10.2 Å². The summed E-state index contributed by atoms with van der Waals surface area (Å²) in [6, 6.07) is 1.79. The second kappa shape index (κ2) is 8.17. The van der Waals surface area contributed by atoms with Gasteiger partial charge in [0.15, 0.2) is 11.6 Å². The van der Waals surface area contributed by atoms with Crippen molar-refractivity contribution in [3.8, 4) is 0 Å². The zero-order chi connectivity index (χ0) is 15.1. The zero-order valence-electron chi connectivity index (χ0n) is 13.1. The van der Waals surface area contributed by atoms with E-state index in [4.69, 9.17) is 4.74 Å². The molecule has 1 atom stereocenters. The van der Waals surface area contributed by atoms with Crippen LogP contribution in [0.5, 0.6) is 0 Å². The first-order valence-corrected chi connectivity index (χ1v) is 7.03. The highest BCUT2D eigenvalue weighted by Crippen LogP contribution is 2.20. The lowest BCUT2D eigenvalue weighted by molar-refractivity contribution is 0.183. The molecule has 1 N–H and O–H groups in total. The van der Waals surface area contributed by atoms with Crippen molar-refractivity contribution in [3.63, 3.8) is 0 Å². The van der Waals surface area contributed by atoms with E-state index in [1.807, 2.05) is 18.9 Å². The van der Waals surface area contributed by atoms with Gasteiger partial charge in [-0.1, -0.05) is 13.8 Å². The van der Waals surface area contributed by atoms with Crippen LogP contribution >= 0.6 is 0 Å². The normalized spacial score (nSPS) is 12.8. The number of hydrogen-bond donors (Lipinski definition) is 1. The first-order valence-electron chi connectivity index (χ1n) is 7.03. The first-order chi connectivity index (χ1) is 9.47. The smallest absolute Gasteiger partial charge is 0.170 e. The molecule has 0 aliphatic carbocycles. The first kappa shape index (κ1) is 16.9. The number of ether oxygens (including phenoxy) is 1. The van der Waals surface area contributed by atoms with Gasteiger partial charge in [-0.15, -0.1) is 0 Å². The summed E-state index contributed by atoms with van der Waals surface area (Å²) in [4.78, 5) is 5.96. The number of aromatic nitrogens is 1. The van der Waals surface area contributed by atoms with E-state index in [0.717, 1.165) is 6.54 Å². The molecule has 0 aliphatic heterocycles. The number of nitrogens with zero attached hydrogens (tertiary/aromatic N) is 2. The highest BCUT2D eigenvalue weighted by atomic mass is 19.1. The number of hydrogen-bond acceptors (Lipinski definition) is 4. The molecule has 1 rings (SSSR count). The van der Waals surface area contributed by atoms with Crippen molar-refractivity contribution >= 4 is 5.82 Å². The molecule has 20 heavy (non-hydrogen) atoms. The number of pyridine rings is 1. The van der Waals surface area contributed by atoms with Crippen LogP contribution in [0.3, 0.4) is 0 Å². The molecule has 5 heteroatoms. The van der Waals surface area contributed by atoms with E-state index >= 15 is 0 Å². The maximum atomic E-state index is 14.5. The molecule has 1 heterocycles. The van der Waals surface area contributed by atoms with E-state index in [9.17, 15) is 4.39 Å². The summed E-state index contributed by atoms with van der Waals surface area (Å²) >= 11 is 0. The van der Waals surface area contributed by atoms with Crippen molar-refractivity contribution < 1.29 is 9.13 Å². The Kier molecular flexibility index (Phi) is 6.88. The van der Waals surface area contributed by atoms with Crippen molar-refractivity contribution in [1.29, 1.82) is 0 Å². The summed E-state index contributed by atoms with van der Waals surface area (Å²) in [5, 5.41) is 3.25. The summed E-state index contributed by atoms with van der Waals surface area (Å²) in [7, 11) is 3.47. The lowest BCUT2D eigenvalue weighted by atomic mass is 10.2. The van der Waals surface area contributed by atoms with Gasteiger partial charge in [0.1, 0.15) is 0 Å². The second-order valence-electron chi connectivity index (χ2n) is 5.55. The molecule has 1 unspecified atom stereocenters. The Bertz CT molecular complexity index is 412. The van der Waals surface area contributed by atoms with E-state index in [1.165, 1.54) is 0 Å². The molecule has 0 radical (unpaired) electrons. The molecular weight excluding hydrogens is 257 g/mol. The second-order valence-corrected chi connectivity index (χ2v) is 5.55. The number of likely N-dealkylation sites (N-methyl/N-ethyl adjacent to an activating group) is 1. The molecule has 114 valence electrons. The molecule has 0 aromatic carbocycles. The maximum Gasteiger partial charge on any atom is 0.170 e. The number of halogens is 1. The third kappa shape index (κ3) is 4.72. The summed E-state index contributed by atoms with van der Waals surface area (Å²) in [5.74, 6) is 0.663. The standard InChI is InChI=1S/C15H26FN3O/c1-11(2)8-17-9-13-6-7-18-15(14(13)16)19(4)12(3)10-20-5/h6-7,11-12,17H,8-10H2,1-5H3. The number of methoxy groups -OCH3 is 1. The minimum atomic E-state index is -0.255. The minimum Gasteiger partial charge on any atom is -0.383 e. The molecule has 1 aromatic heterocycles. The van der Waals surface area contributed by atoms with Crippen LogP contribution in [-0.4, -0.2) is 38.3 Å². The van der Waals surface area contributed by atoms with Crippen LogP contribution in [0.1, 0.15) is 26.3 Å². The van der Waals surface area contributed by atoms with Gasteiger partial charge in [-0.05, 0) is 25.5 Å². The largest absolute Gasteiger partial charge is 0.383 e. The number of nitrogens with one attached hydrogen (secondary N) is 1. The Labute approximate surface area is 121 Å². The van der Waals surface area contributed by atoms with E-state index in [1.54, 1.807) is 19.4 Å². The highest BCUT2D eigenvalue weighted by molar-refractivity contribution is 5.43. The van der Waals surface area contributed by atoms with Gasteiger partial charge in [-0.3, -0.25) is 0 Å². The molecule has 0 saturated carbocycles.